The standard InChI is InChI=1S/C21H14BrFN6O3S/c1-12(32-18-4-13(22)7-25-21(18)29(30)31)17-5-14(23)2-3-16(17)20-19(33-11-27-20)9-28-8-15(6-24)26-10-28/h2-5,7-8,10-12H,9H2,1H3. The molecule has 0 radical (unpaired) electrons. The number of pyridine rings is 1. The third kappa shape index (κ3) is 4.89. The first-order valence-corrected chi connectivity index (χ1v) is 11.1. The molecule has 0 aliphatic carbocycles. The molecule has 33 heavy (non-hydrogen) atoms. The minimum atomic E-state index is -0.751. The molecule has 166 valence electrons. The van der Waals surface area contributed by atoms with Gasteiger partial charge < -0.3 is 19.4 Å². The van der Waals surface area contributed by atoms with Crippen LogP contribution >= 0.6 is 27.3 Å². The Bertz CT molecular complexity index is 1380. The molecule has 4 aromatic rings. The first kappa shape index (κ1) is 22.5. The van der Waals surface area contributed by atoms with Crippen LogP contribution in [0.4, 0.5) is 10.2 Å². The van der Waals surface area contributed by atoms with Crippen LogP contribution in [0, 0.1) is 27.3 Å². The molecule has 0 saturated carbocycles. The highest BCUT2D eigenvalue weighted by Gasteiger charge is 2.24. The summed E-state index contributed by atoms with van der Waals surface area (Å²) in [6.07, 6.45) is 3.73. The van der Waals surface area contributed by atoms with Crippen molar-refractivity contribution in [3.63, 3.8) is 0 Å². The maximum absolute atomic E-state index is 14.2. The van der Waals surface area contributed by atoms with Crippen LogP contribution in [-0.2, 0) is 6.54 Å². The predicted octanol–water partition coefficient (Wildman–Crippen LogP) is 5.27. The Labute approximate surface area is 199 Å². The fourth-order valence-electron chi connectivity index (χ4n) is 3.25. The summed E-state index contributed by atoms with van der Waals surface area (Å²) in [5.41, 5.74) is 3.70. The second-order valence-corrected chi connectivity index (χ2v) is 8.75. The Morgan fingerprint density at radius 2 is 2.18 bits per heavy atom. The number of nitro groups is 1. The number of thiazole rings is 1. The van der Waals surface area contributed by atoms with E-state index >= 15 is 0 Å². The first-order chi connectivity index (χ1) is 15.9. The number of nitriles is 1. The van der Waals surface area contributed by atoms with Crippen LogP contribution in [0.5, 0.6) is 5.75 Å². The van der Waals surface area contributed by atoms with Crippen LogP contribution in [0.15, 0.2) is 53.0 Å². The van der Waals surface area contributed by atoms with Crippen molar-refractivity contribution in [1.29, 1.82) is 5.26 Å². The summed E-state index contributed by atoms with van der Waals surface area (Å²) in [5, 5.41) is 20.3. The third-order valence-electron chi connectivity index (χ3n) is 4.70. The average molecular weight is 529 g/mol. The lowest BCUT2D eigenvalue weighted by Crippen LogP contribution is -2.08. The molecule has 3 heterocycles. The van der Waals surface area contributed by atoms with Crippen LogP contribution in [-0.4, -0.2) is 24.4 Å². The van der Waals surface area contributed by atoms with Gasteiger partial charge in [0.05, 0.1) is 33.4 Å². The molecule has 3 aromatic heterocycles. The highest BCUT2D eigenvalue weighted by Crippen LogP contribution is 2.37. The number of imidazole rings is 1. The molecule has 0 aliphatic rings. The van der Waals surface area contributed by atoms with Crippen molar-refractivity contribution in [2.24, 2.45) is 0 Å². The van der Waals surface area contributed by atoms with Gasteiger partial charge in [-0.2, -0.15) is 5.26 Å². The van der Waals surface area contributed by atoms with Crippen molar-refractivity contribution in [1.82, 2.24) is 19.5 Å². The van der Waals surface area contributed by atoms with Crippen molar-refractivity contribution in [3.8, 4) is 23.1 Å². The molecule has 0 saturated heterocycles. The highest BCUT2D eigenvalue weighted by atomic mass is 79.9. The van der Waals surface area contributed by atoms with Gasteiger partial charge in [0.1, 0.15) is 18.0 Å². The molecular weight excluding hydrogens is 515 g/mol. The molecule has 1 atom stereocenters. The molecule has 0 bridgehead atoms. The Balaban J connectivity index is 1.70. The van der Waals surface area contributed by atoms with E-state index in [2.05, 4.69) is 30.9 Å². The van der Waals surface area contributed by atoms with E-state index in [1.165, 1.54) is 35.7 Å². The van der Waals surface area contributed by atoms with Crippen LogP contribution < -0.4 is 4.74 Å². The lowest BCUT2D eigenvalue weighted by atomic mass is 9.99. The second kappa shape index (κ2) is 9.43. The molecule has 1 unspecified atom stereocenters. The number of benzene rings is 1. The van der Waals surface area contributed by atoms with E-state index in [1.807, 2.05) is 6.07 Å². The van der Waals surface area contributed by atoms with Gasteiger partial charge in [-0.1, -0.05) is 0 Å². The Morgan fingerprint density at radius 3 is 2.91 bits per heavy atom. The Kier molecular flexibility index (Phi) is 6.43. The molecule has 0 aliphatic heterocycles. The molecule has 1 aromatic carbocycles. The summed E-state index contributed by atoms with van der Waals surface area (Å²) < 4.78 is 22.3. The summed E-state index contributed by atoms with van der Waals surface area (Å²) in [6.45, 7) is 2.09. The summed E-state index contributed by atoms with van der Waals surface area (Å²) in [5.74, 6) is -0.958. The van der Waals surface area contributed by atoms with Crippen LogP contribution in [0.3, 0.4) is 0 Å². The third-order valence-corrected chi connectivity index (χ3v) is 5.95. The quantitative estimate of drug-likeness (QED) is 0.236. The number of aromatic nitrogens is 4. The molecule has 4 rings (SSSR count). The summed E-state index contributed by atoms with van der Waals surface area (Å²) in [7, 11) is 0. The van der Waals surface area contributed by atoms with Crippen LogP contribution in [0.1, 0.15) is 29.2 Å². The minimum Gasteiger partial charge on any atom is -0.478 e. The minimum absolute atomic E-state index is 0.0435. The van der Waals surface area contributed by atoms with Gasteiger partial charge in [-0.05, 0) is 51.0 Å². The average Bonchev–Trinajstić information content (AvgIpc) is 3.43. The van der Waals surface area contributed by atoms with Crippen LogP contribution in [0.25, 0.3) is 11.3 Å². The second-order valence-electron chi connectivity index (χ2n) is 6.89. The van der Waals surface area contributed by atoms with E-state index in [1.54, 1.807) is 35.6 Å². The smallest absolute Gasteiger partial charge is 0.406 e. The van der Waals surface area contributed by atoms with Gasteiger partial charge in [-0.3, -0.25) is 0 Å². The molecule has 0 N–H and O–H groups in total. The number of nitrogens with zero attached hydrogens (tertiary/aromatic N) is 6. The summed E-state index contributed by atoms with van der Waals surface area (Å²) in [4.78, 5) is 23.8. The number of hydrogen-bond acceptors (Lipinski definition) is 8. The van der Waals surface area contributed by atoms with Crippen molar-refractivity contribution >= 4 is 33.1 Å². The van der Waals surface area contributed by atoms with E-state index in [9.17, 15) is 14.5 Å². The van der Waals surface area contributed by atoms with Gasteiger partial charge in [0.2, 0.25) is 5.75 Å². The Morgan fingerprint density at radius 1 is 1.36 bits per heavy atom. The summed E-state index contributed by atoms with van der Waals surface area (Å²) in [6, 6.07) is 7.68. The van der Waals surface area contributed by atoms with Gasteiger partial charge in [-0.25, -0.2) is 14.4 Å². The number of rotatable bonds is 7. The fraction of sp³-hybridized carbons (Fsp3) is 0.143. The predicted molar refractivity (Wildman–Crippen MR) is 121 cm³/mol. The zero-order chi connectivity index (χ0) is 23.5. The zero-order valence-electron chi connectivity index (χ0n) is 17.0. The van der Waals surface area contributed by atoms with E-state index in [-0.39, 0.29) is 5.75 Å². The van der Waals surface area contributed by atoms with E-state index in [0.29, 0.717) is 33.5 Å². The highest BCUT2D eigenvalue weighted by molar-refractivity contribution is 9.10. The van der Waals surface area contributed by atoms with Gasteiger partial charge in [-0.15, -0.1) is 11.3 Å². The molecule has 9 nitrogen and oxygen atoms in total. The SMILES string of the molecule is CC(Oc1cc(Br)cnc1[N+](=O)[O-])c1cc(F)ccc1-c1ncsc1Cn1cnc(C#N)c1. The maximum atomic E-state index is 14.2. The van der Waals surface area contributed by atoms with Crippen molar-refractivity contribution < 1.29 is 14.1 Å². The van der Waals surface area contributed by atoms with Gasteiger partial charge >= 0.3 is 5.82 Å². The lowest BCUT2D eigenvalue weighted by molar-refractivity contribution is -0.390. The van der Waals surface area contributed by atoms with E-state index < -0.39 is 22.7 Å². The van der Waals surface area contributed by atoms with Gasteiger partial charge in [0, 0.05) is 23.4 Å². The zero-order valence-corrected chi connectivity index (χ0v) is 19.4. The normalized spacial score (nSPS) is 11.7. The molecule has 0 fully saturated rings. The molecule has 0 amide bonds. The van der Waals surface area contributed by atoms with Crippen molar-refractivity contribution in [3.05, 3.63) is 85.0 Å². The van der Waals surface area contributed by atoms with E-state index in [0.717, 1.165) is 4.88 Å². The Hall–Kier alpha value is -3.69. The number of hydrogen-bond donors (Lipinski definition) is 0. The van der Waals surface area contributed by atoms with Crippen molar-refractivity contribution in [2.75, 3.05) is 0 Å². The number of halogens is 2. The van der Waals surface area contributed by atoms with Crippen molar-refractivity contribution in [2.45, 2.75) is 19.6 Å². The molecule has 0 spiro atoms. The van der Waals surface area contributed by atoms with Gasteiger partial charge in [0.15, 0.2) is 11.9 Å². The largest absolute Gasteiger partial charge is 0.478 e. The number of ether oxygens (including phenoxy) is 1. The van der Waals surface area contributed by atoms with E-state index in [4.69, 9.17) is 10.00 Å². The fourth-order valence-corrected chi connectivity index (χ4v) is 4.34. The molecular formula is C21H14BrFN6O3S. The maximum Gasteiger partial charge on any atom is 0.406 e. The molecule has 12 heteroatoms. The first-order valence-electron chi connectivity index (χ1n) is 9.46. The monoisotopic (exact) mass is 528 g/mol. The topological polar surface area (TPSA) is 120 Å². The summed E-state index contributed by atoms with van der Waals surface area (Å²) >= 11 is 4.65. The lowest BCUT2D eigenvalue weighted by Gasteiger charge is -2.18. The van der Waals surface area contributed by atoms with Crippen LogP contribution in [0.2, 0.25) is 0 Å². The van der Waals surface area contributed by atoms with Gasteiger partial charge in [0.25, 0.3) is 0 Å².